The van der Waals surface area contributed by atoms with E-state index in [2.05, 4.69) is 34.1 Å². The van der Waals surface area contributed by atoms with Crippen LogP contribution in [0.15, 0.2) is 24.3 Å². The number of hydrogen-bond donors (Lipinski definition) is 2. The molecule has 18 heavy (non-hydrogen) atoms. The third-order valence-electron chi connectivity index (χ3n) is 4.60. The molecule has 0 aliphatic carbocycles. The maximum absolute atomic E-state index is 9.24. The second-order valence-corrected chi connectivity index (χ2v) is 5.48. The van der Waals surface area contributed by atoms with E-state index in [-0.39, 0.29) is 6.61 Å². The van der Waals surface area contributed by atoms with Gasteiger partial charge in [0.05, 0.1) is 6.61 Å². The predicted molar refractivity (Wildman–Crippen MR) is 71.6 cm³/mol. The lowest BCUT2D eigenvalue weighted by Crippen LogP contribution is -2.39. The van der Waals surface area contributed by atoms with Gasteiger partial charge in [-0.15, -0.1) is 0 Å². The lowest BCUT2D eigenvalue weighted by molar-refractivity contribution is 0.136. The number of hydrogen-bond acceptors (Lipinski definition) is 2. The third kappa shape index (κ3) is 1.32. The number of aliphatic hydroxyl groups excluding tert-OH is 1. The average molecular weight is 242 g/mol. The first kappa shape index (κ1) is 10.6. The highest BCUT2D eigenvalue weighted by molar-refractivity contribution is 5.85. The normalized spacial score (nSPS) is 26.7. The lowest BCUT2D eigenvalue weighted by Gasteiger charge is -2.34. The summed E-state index contributed by atoms with van der Waals surface area (Å²) in [6.07, 6.45) is 3.61. The molecule has 1 aromatic heterocycles. The number of aromatic amines is 1. The fourth-order valence-corrected chi connectivity index (χ4v) is 3.92. The van der Waals surface area contributed by atoms with Crippen LogP contribution in [0, 0.1) is 0 Å². The van der Waals surface area contributed by atoms with Crippen molar-refractivity contribution in [1.29, 1.82) is 0 Å². The zero-order valence-corrected chi connectivity index (χ0v) is 10.4. The molecule has 1 saturated heterocycles. The third-order valence-corrected chi connectivity index (χ3v) is 4.60. The van der Waals surface area contributed by atoms with Gasteiger partial charge in [0.15, 0.2) is 0 Å². The number of para-hydroxylation sites is 1. The summed E-state index contributed by atoms with van der Waals surface area (Å²) in [5.74, 6) is 0. The first-order valence-corrected chi connectivity index (χ1v) is 6.84. The van der Waals surface area contributed by atoms with E-state index in [0.29, 0.717) is 12.1 Å². The van der Waals surface area contributed by atoms with Crippen LogP contribution in [0.4, 0.5) is 0 Å². The van der Waals surface area contributed by atoms with E-state index in [1.807, 2.05) is 0 Å². The number of aromatic nitrogens is 1. The summed E-state index contributed by atoms with van der Waals surface area (Å²) in [5.41, 5.74) is 4.18. The van der Waals surface area contributed by atoms with Gasteiger partial charge in [0, 0.05) is 41.6 Å². The molecule has 0 amide bonds. The Hall–Kier alpha value is -1.32. The highest BCUT2D eigenvalue weighted by atomic mass is 16.3. The molecule has 2 atom stereocenters. The molecule has 0 unspecified atom stereocenters. The van der Waals surface area contributed by atoms with Crippen LogP contribution >= 0.6 is 0 Å². The zero-order valence-electron chi connectivity index (χ0n) is 10.4. The fourth-order valence-electron chi connectivity index (χ4n) is 3.92. The van der Waals surface area contributed by atoms with E-state index < -0.39 is 0 Å². The molecule has 2 N–H and O–H groups in total. The van der Waals surface area contributed by atoms with Crippen LogP contribution < -0.4 is 0 Å². The number of benzene rings is 1. The molecule has 94 valence electrons. The predicted octanol–water partition coefficient (Wildman–Crippen LogP) is 2.22. The van der Waals surface area contributed by atoms with Gasteiger partial charge in [-0.3, -0.25) is 4.90 Å². The number of nitrogens with one attached hydrogen (secondary N) is 1. The number of rotatable bonds is 2. The van der Waals surface area contributed by atoms with Crippen molar-refractivity contribution in [3.63, 3.8) is 0 Å². The Bertz CT molecular complexity index is 589. The van der Waals surface area contributed by atoms with E-state index in [4.69, 9.17) is 0 Å². The van der Waals surface area contributed by atoms with Crippen molar-refractivity contribution in [3.05, 3.63) is 35.5 Å². The van der Waals surface area contributed by atoms with Gasteiger partial charge in [-0.05, 0) is 24.5 Å². The van der Waals surface area contributed by atoms with Crippen molar-refractivity contribution < 1.29 is 5.11 Å². The second kappa shape index (κ2) is 3.84. The molecular formula is C15H18N2O. The fraction of sp³-hybridized carbons (Fsp3) is 0.467. The van der Waals surface area contributed by atoms with Crippen molar-refractivity contribution in [1.82, 2.24) is 9.88 Å². The Morgan fingerprint density at radius 2 is 2.17 bits per heavy atom. The minimum atomic E-state index is 0.269. The zero-order chi connectivity index (χ0) is 12.1. The first-order valence-electron chi connectivity index (χ1n) is 6.84. The maximum Gasteiger partial charge on any atom is 0.0558 e. The van der Waals surface area contributed by atoms with Crippen molar-refractivity contribution in [2.75, 3.05) is 13.2 Å². The molecule has 0 saturated carbocycles. The lowest BCUT2D eigenvalue weighted by atomic mass is 9.97. The molecule has 2 aliphatic heterocycles. The Morgan fingerprint density at radius 1 is 1.28 bits per heavy atom. The number of fused-ring (bicyclic) bond motifs is 6. The van der Waals surface area contributed by atoms with Gasteiger partial charge >= 0.3 is 0 Å². The van der Waals surface area contributed by atoms with Gasteiger partial charge in [0.1, 0.15) is 0 Å². The highest BCUT2D eigenvalue weighted by Crippen LogP contribution is 2.46. The van der Waals surface area contributed by atoms with E-state index in [1.165, 1.54) is 35.0 Å². The summed E-state index contributed by atoms with van der Waals surface area (Å²) in [6.45, 7) is 1.08. The highest BCUT2D eigenvalue weighted by Gasteiger charge is 2.41. The summed E-state index contributed by atoms with van der Waals surface area (Å²) in [5, 5.41) is 10.6. The quantitative estimate of drug-likeness (QED) is 0.847. The Labute approximate surface area is 106 Å². The minimum Gasteiger partial charge on any atom is -0.395 e. The van der Waals surface area contributed by atoms with Gasteiger partial charge in [-0.2, -0.15) is 0 Å². The molecule has 3 heteroatoms. The molecule has 2 aromatic rings. The number of nitrogens with zero attached hydrogens (tertiary/aromatic N) is 1. The summed E-state index contributed by atoms with van der Waals surface area (Å²) in [4.78, 5) is 6.09. The van der Waals surface area contributed by atoms with Crippen LogP contribution in [0.25, 0.3) is 10.9 Å². The van der Waals surface area contributed by atoms with Gasteiger partial charge < -0.3 is 10.1 Å². The molecule has 0 spiro atoms. The van der Waals surface area contributed by atoms with Crippen LogP contribution in [0.1, 0.15) is 30.1 Å². The standard InChI is InChI=1S/C15H18N2O/c18-8-7-17-10-5-6-14(17)15-11-3-1-2-4-12(11)16-13(15)9-10/h1-4,10,14,16,18H,5-9H2/t10-,14+/m1/s1. The van der Waals surface area contributed by atoms with E-state index in [9.17, 15) is 5.11 Å². The first-order chi connectivity index (χ1) is 8.88. The SMILES string of the molecule is OCCN1[C@@H]2CC[C@H]1c1c([nH]c3ccccc13)C2. The smallest absolute Gasteiger partial charge is 0.0558 e. The Balaban J connectivity index is 1.88. The summed E-state index contributed by atoms with van der Waals surface area (Å²) < 4.78 is 0. The van der Waals surface area contributed by atoms with Crippen LogP contribution in [-0.2, 0) is 6.42 Å². The van der Waals surface area contributed by atoms with E-state index in [1.54, 1.807) is 0 Å². The number of H-pyrrole nitrogens is 1. The Kier molecular flexibility index (Phi) is 2.26. The molecule has 0 radical (unpaired) electrons. The monoisotopic (exact) mass is 242 g/mol. The summed E-state index contributed by atoms with van der Waals surface area (Å²) >= 11 is 0. The molecule has 1 aromatic carbocycles. The van der Waals surface area contributed by atoms with Gasteiger partial charge in [-0.25, -0.2) is 0 Å². The van der Waals surface area contributed by atoms with Crippen molar-refractivity contribution >= 4 is 10.9 Å². The molecule has 4 rings (SSSR count). The van der Waals surface area contributed by atoms with Gasteiger partial charge in [0.25, 0.3) is 0 Å². The van der Waals surface area contributed by atoms with Crippen LogP contribution in [-0.4, -0.2) is 34.2 Å². The Morgan fingerprint density at radius 3 is 3.06 bits per heavy atom. The van der Waals surface area contributed by atoms with Gasteiger partial charge in [-0.1, -0.05) is 18.2 Å². The van der Waals surface area contributed by atoms with Crippen molar-refractivity contribution in [3.8, 4) is 0 Å². The topological polar surface area (TPSA) is 39.3 Å². The molecule has 2 bridgehead atoms. The molecule has 3 nitrogen and oxygen atoms in total. The van der Waals surface area contributed by atoms with E-state index in [0.717, 1.165) is 13.0 Å². The van der Waals surface area contributed by atoms with Crippen LogP contribution in [0.2, 0.25) is 0 Å². The average Bonchev–Trinajstić information content (AvgIpc) is 2.88. The van der Waals surface area contributed by atoms with Crippen LogP contribution in [0.3, 0.4) is 0 Å². The van der Waals surface area contributed by atoms with Crippen molar-refractivity contribution in [2.45, 2.75) is 31.3 Å². The maximum atomic E-state index is 9.24. The summed E-state index contributed by atoms with van der Waals surface area (Å²) in [6, 6.07) is 9.74. The molecule has 2 aliphatic rings. The second-order valence-electron chi connectivity index (χ2n) is 5.48. The van der Waals surface area contributed by atoms with E-state index >= 15 is 0 Å². The van der Waals surface area contributed by atoms with Gasteiger partial charge in [0.2, 0.25) is 0 Å². The number of aliphatic hydroxyl groups is 1. The minimum absolute atomic E-state index is 0.269. The van der Waals surface area contributed by atoms with Crippen LogP contribution in [0.5, 0.6) is 0 Å². The molecular weight excluding hydrogens is 224 g/mol. The molecule has 1 fully saturated rings. The largest absolute Gasteiger partial charge is 0.395 e. The molecule has 3 heterocycles. The van der Waals surface area contributed by atoms with Crippen molar-refractivity contribution in [2.24, 2.45) is 0 Å². The summed E-state index contributed by atoms with van der Waals surface area (Å²) in [7, 11) is 0.